The lowest BCUT2D eigenvalue weighted by atomic mass is 9.43. The van der Waals surface area contributed by atoms with Crippen LogP contribution in [0.1, 0.15) is 40.0 Å². The van der Waals surface area contributed by atoms with Crippen molar-refractivity contribution in [3.8, 4) is 0 Å². The molecule has 19 heavy (non-hydrogen) atoms. The van der Waals surface area contributed by atoms with E-state index in [-0.39, 0.29) is 30.9 Å². The first kappa shape index (κ1) is 12.6. The van der Waals surface area contributed by atoms with Gasteiger partial charge in [-0.25, -0.2) is 0 Å². The summed E-state index contributed by atoms with van der Waals surface area (Å²) < 4.78 is 12.6. The molecular formula is C14H24BNO3. The maximum Gasteiger partial charge on any atom is 0.475 e. The van der Waals surface area contributed by atoms with Gasteiger partial charge in [0.2, 0.25) is 0 Å². The van der Waals surface area contributed by atoms with E-state index in [2.05, 4.69) is 26.1 Å². The van der Waals surface area contributed by atoms with E-state index in [1.165, 1.54) is 6.42 Å². The highest BCUT2D eigenvalue weighted by Crippen LogP contribution is 2.65. The van der Waals surface area contributed by atoms with Crippen molar-refractivity contribution in [2.75, 3.05) is 6.54 Å². The van der Waals surface area contributed by atoms with Gasteiger partial charge in [0.05, 0.1) is 17.8 Å². The molecule has 1 unspecified atom stereocenters. The van der Waals surface area contributed by atoms with Gasteiger partial charge in [-0.15, -0.1) is 0 Å². The molecule has 4 nitrogen and oxygen atoms in total. The molecule has 2 N–H and O–H groups in total. The molecule has 2 aliphatic heterocycles. The van der Waals surface area contributed by atoms with Gasteiger partial charge < -0.3 is 19.7 Å². The normalized spacial score (nSPS) is 54.9. The lowest BCUT2D eigenvalue weighted by Crippen LogP contribution is -2.65. The first-order valence-corrected chi connectivity index (χ1v) is 7.66. The van der Waals surface area contributed by atoms with Crippen molar-refractivity contribution in [2.24, 2.45) is 17.3 Å². The van der Waals surface area contributed by atoms with Gasteiger partial charge in [-0.3, -0.25) is 0 Å². The van der Waals surface area contributed by atoms with E-state index in [4.69, 9.17) is 9.31 Å². The maximum absolute atomic E-state index is 9.65. The van der Waals surface area contributed by atoms with Crippen LogP contribution >= 0.6 is 0 Å². The van der Waals surface area contributed by atoms with Crippen molar-refractivity contribution in [1.29, 1.82) is 0 Å². The van der Waals surface area contributed by atoms with Gasteiger partial charge in [0.15, 0.2) is 0 Å². The minimum absolute atomic E-state index is 0.127. The summed E-state index contributed by atoms with van der Waals surface area (Å²) in [5, 5.41) is 13.0. The number of nitrogens with one attached hydrogen (secondary N) is 1. The SMILES string of the molecule is CC1(C)[C@@H]2CC3OB([C@@H]4C[C@H](O)CN4)O[C@@]3(C)[C@H]1C2. The molecule has 5 fully saturated rings. The number of β-amino-alcohol motifs (C(OH)–C–C–N with tert-alkyl or cyclic N) is 1. The smallest absolute Gasteiger partial charge is 0.404 e. The summed E-state index contributed by atoms with van der Waals surface area (Å²) in [6.45, 7) is 7.65. The predicted octanol–water partition coefficient (Wildman–Crippen LogP) is 0.977. The van der Waals surface area contributed by atoms with E-state index in [0.717, 1.165) is 18.8 Å². The molecule has 0 radical (unpaired) electrons. The first-order valence-electron chi connectivity index (χ1n) is 7.66. The Kier molecular flexibility index (Phi) is 2.50. The summed E-state index contributed by atoms with van der Waals surface area (Å²) in [6, 6.07) is 0. The predicted molar refractivity (Wildman–Crippen MR) is 72.5 cm³/mol. The average Bonchev–Trinajstić information content (AvgIpc) is 2.90. The van der Waals surface area contributed by atoms with Crippen LogP contribution in [0.25, 0.3) is 0 Å². The summed E-state index contributed by atoms with van der Waals surface area (Å²) in [4.78, 5) is 0. The maximum atomic E-state index is 9.65. The van der Waals surface area contributed by atoms with Gasteiger partial charge in [-0.1, -0.05) is 13.8 Å². The van der Waals surface area contributed by atoms with Crippen LogP contribution in [0, 0.1) is 17.3 Å². The van der Waals surface area contributed by atoms with Crippen molar-refractivity contribution in [3.63, 3.8) is 0 Å². The molecule has 0 spiro atoms. The van der Waals surface area contributed by atoms with Crippen LogP contribution in [0.2, 0.25) is 0 Å². The molecule has 0 amide bonds. The van der Waals surface area contributed by atoms with Gasteiger partial charge in [0.1, 0.15) is 0 Å². The second-order valence-electron chi connectivity index (χ2n) is 7.74. The third-order valence-electron chi connectivity index (χ3n) is 6.44. The lowest BCUT2D eigenvalue weighted by Gasteiger charge is -2.64. The molecular weight excluding hydrogens is 241 g/mol. The number of aliphatic hydroxyl groups is 1. The Hall–Kier alpha value is -0.0951. The molecule has 106 valence electrons. The first-order chi connectivity index (χ1) is 8.91. The molecule has 3 saturated carbocycles. The van der Waals surface area contributed by atoms with Crippen LogP contribution < -0.4 is 5.32 Å². The highest BCUT2D eigenvalue weighted by atomic mass is 16.7. The molecule has 2 heterocycles. The fourth-order valence-corrected chi connectivity index (χ4v) is 5.03. The van der Waals surface area contributed by atoms with Crippen LogP contribution in [0.4, 0.5) is 0 Å². The summed E-state index contributed by atoms with van der Waals surface area (Å²) in [5.41, 5.74) is 0.268. The van der Waals surface area contributed by atoms with Crippen molar-refractivity contribution >= 4 is 7.12 Å². The Morgan fingerprint density at radius 2 is 2.00 bits per heavy atom. The molecule has 2 bridgehead atoms. The van der Waals surface area contributed by atoms with Crippen LogP contribution in [0.15, 0.2) is 0 Å². The average molecular weight is 265 g/mol. The lowest BCUT2D eigenvalue weighted by molar-refractivity contribution is -0.199. The third kappa shape index (κ3) is 1.56. The van der Waals surface area contributed by atoms with E-state index in [9.17, 15) is 5.11 Å². The zero-order valence-electron chi connectivity index (χ0n) is 12.1. The largest absolute Gasteiger partial charge is 0.475 e. The van der Waals surface area contributed by atoms with E-state index in [1.54, 1.807) is 0 Å². The van der Waals surface area contributed by atoms with E-state index in [1.807, 2.05) is 0 Å². The highest BCUT2D eigenvalue weighted by molar-refractivity contribution is 6.47. The molecule has 3 aliphatic carbocycles. The van der Waals surface area contributed by atoms with Crippen molar-refractivity contribution in [3.05, 3.63) is 0 Å². The fourth-order valence-electron chi connectivity index (χ4n) is 5.03. The monoisotopic (exact) mass is 265 g/mol. The van der Waals surface area contributed by atoms with Crippen LogP contribution in [0.5, 0.6) is 0 Å². The minimum atomic E-state index is -0.252. The zero-order chi connectivity index (χ0) is 13.4. The molecule has 5 rings (SSSR count). The van der Waals surface area contributed by atoms with Crippen molar-refractivity contribution in [1.82, 2.24) is 5.32 Å². The van der Waals surface area contributed by atoms with Gasteiger partial charge in [0.25, 0.3) is 0 Å². The number of hydrogen-bond acceptors (Lipinski definition) is 4. The van der Waals surface area contributed by atoms with Gasteiger partial charge in [0, 0.05) is 12.5 Å². The van der Waals surface area contributed by atoms with Gasteiger partial charge in [-0.2, -0.15) is 0 Å². The molecule has 5 aliphatic rings. The number of rotatable bonds is 1. The Morgan fingerprint density at radius 3 is 2.63 bits per heavy atom. The second kappa shape index (κ2) is 3.76. The van der Waals surface area contributed by atoms with E-state index >= 15 is 0 Å². The van der Waals surface area contributed by atoms with E-state index < -0.39 is 0 Å². The Labute approximate surface area is 115 Å². The minimum Gasteiger partial charge on any atom is -0.404 e. The third-order valence-corrected chi connectivity index (χ3v) is 6.44. The van der Waals surface area contributed by atoms with Gasteiger partial charge >= 0.3 is 7.12 Å². The Morgan fingerprint density at radius 1 is 1.21 bits per heavy atom. The highest BCUT2D eigenvalue weighted by Gasteiger charge is 2.68. The summed E-state index contributed by atoms with van der Waals surface area (Å²) >= 11 is 0. The zero-order valence-corrected chi connectivity index (χ0v) is 12.1. The van der Waals surface area contributed by atoms with Crippen LogP contribution in [-0.2, 0) is 9.31 Å². The molecule has 0 aromatic rings. The number of aliphatic hydroxyl groups excluding tert-OH is 1. The van der Waals surface area contributed by atoms with Crippen LogP contribution in [-0.4, -0.2) is 42.5 Å². The topological polar surface area (TPSA) is 50.7 Å². The second-order valence-corrected chi connectivity index (χ2v) is 7.74. The Balaban J connectivity index is 1.54. The van der Waals surface area contributed by atoms with Crippen molar-refractivity contribution in [2.45, 2.75) is 63.8 Å². The van der Waals surface area contributed by atoms with E-state index in [0.29, 0.717) is 17.9 Å². The van der Waals surface area contributed by atoms with Crippen molar-refractivity contribution < 1.29 is 14.4 Å². The fraction of sp³-hybridized carbons (Fsp3) is 1.00. The molecule has 2 saturated heterocycles. The summed E-state index contributed by atoms with van der Waals surface area (Å²) in [6.07, 6.45) is 3.15. The number of hydrogen-bond donors (Lipinski definition) is 2. The quantitative estimate of drug-likeness (QED) is 0.694. The van der Waals surface area contributed by atoms with Crippen LogP contribution in [0.3, 0.4) is 0 Å². The standard InChI is InChI=1S/C14H24BNO3/c1-13(2)8-4-10(13)14(3)11(5-8)18-15(19-14)12-6-9(17)7-16-12/h8-12,16-17H,4-7H2,1-3H3/t8-,9-,10-,11?,12-,14-/m0/s1. The molecule has 6 atom stereocenters. The summed E-state index contributed by atoms with van der Waals surface area (Å²) in [7, 11) is -0.178. The Bertz CT molecular complexity index is 404. The summed E-state index contributed by atoms with van der Waals surface area (Å²) in [5.74, 6) is 1.55. The molecule has 0 aromatic heterocycles. The van der Waals surface area contributed by atoms with Gasteiger partial charge in [-0.05, 0) is 43.4 Å². The molecule has 5 heteroatoms. The molecule has 0 aromatic carbocycles.